The van der Waals surface area contributed by atoms with Crippen LogP contribution < -0.4 is 10.5 Å². The summed E-state index contributed by atoms with van der Waals surface area (Å²) in [4.78, 5) is 21.8. The van der Waals surface area contributed by atoms with E-state index in [1.165, 1.54) is 0 Å². The van der Waals surface area contributed by atoms with E-state index in [0.29, 0.717) is 29.6 Å². The molecule has 0 aliphatic carbocycles. The first-order valence-corrected chi connectivity index (χ1v) is 12.4. The van der Waals surface area contributed by atoms with Crippen molar-refractivity contribution in [1.29, 1.82) is 0 Å². The van der Waals surface area contributed by atoms with Crippen molar-refractivity contribution in [1.82, 2.24) is 14.8 Å². The zero-order valence-corrected chi connectivity index (χ0v) is 20.6. The van der Waals surface area contributed by atoms with Gasteiger partial charge in [-0.15, -0.1) is 0 Å². The number of piperidine rings is 2. The largest absolute Gasteiger partial charge is 0.487 e. The number of carbonyl (C=O) groups is 1. The number of likely N-dealkylation sites (N-methyl/N-ethyl adjacent to an activating group) is 1. The minimum absolute atomic E-state index is 0.0396. The van der Waals surface area contributed by atoms with Crippen LogP contribution in [0.2, 0.25) is 10.0 Å². The molecule has 0 unspecified atom stereocenters. The van der Waals surface area contributed by atoms with Crippen LogP contribution in [0.3, 0.4) is 0 Å². The van der Waals surface area contributed by atoms with Gasteiger partial charge in [0.1, 0.15) is 11.9 Å². The molecule has 2 aliphatic rings. The number of hydrogen-bond acceptors (Lipinski definition) is 5. The van der Waals surface area contributed by atoms with Gasteiger partial charge < -0.3 is 20.3 Å². The molecule has 2 aromatic rings. The molecule has 33 heavy (non-hydrogen) atoms. The van der Waals surface area contributed by atoms with E-state index >= 15 is 0 Å². The van der Waals surface area contributed by atoms with Crippen molar-refractivity contribution in [2.24, 2.45) is 5.73 Å². The summed E-state index contributed by atoms with van der Waals surface area (Å²) < 4.78 is 6.38. The average molecular weight is 491 g/mol. The molecule has 3 heterocycles. The van der Waals surface area contributed by atoms with Gasteiger partial charge in [0.05, 0.1) is 11.7 Å². The van der Waals surface area contributed by atoms with Crippen LogP contribution >= 0.6 is 23.2 Å². The van der Waals surface area contributed by atoms with Crippen molar-refractivity contribution in [3.05, 3.63) is 57.8 Å². The van der Waals surface area contributed by atoms with Gasteiger partial charge in [-0.05, 0) is 75.5 Å². The normalized spacial score (nSPS) is 21.1. The fraction of sp³-hybridized carbons (Fsp3) is 0.520. The number of amides is 1. The summed E-state index contributed by atoms with van der Waals surface area (Å²) >= 11 is 12.2. The van der Waals surface area contributed by atoms with Gasteiger partial charge in [0.15, 0.2) is 0 Å². The van der Waals surface area contributed by atoms with Gasteiger partial charge in [-0.25, -0.2) is 0 Å². The zero-order valence-electron chi connectivity index (χ0n) is 19.1. The predicted octanol–water partition coefficient (Wildman–Crippen LogP) is 4.14. The summed E-state index contributed by atoms with van der Waals surface area (Å²) in [5.74, 6) is 1.12. The molecular formula is C25H32Cl2N4O2. The molecular weight excluding hydrogens is 459 g/mol. The number of rotatable bonds is 6. The van der Waals surface area contributed by atoms with E-state index in [9.17, 15) is 4.79 Å². The molecule has 0 radical (unpaired) electrons. The summed E-state index contributed by atoms with van der Waals surface area (Å²) in [5.41, 5.74) is 8.10. The molecule has 2 saturated heterocycles. The van der Waals surface area contributed by atoms with Crippen molar-refractivity contribution in [2.75, 3.05) is 33.2 Å². The Kier molecular flexibility index (Phi) is 8.12. The molecule has 2 aliphatic heterocycles. The van der Waals surface area contributed by atoms with Crippen LogP contribution in [0.4, 0.5) is 0 Å². The first-order valence-electron chi connectivity index (χ1n) is 11.7. The number of benzene rings is 1. The fourth-order valence-electron chi connectivity index (χ4n) is 4.82. The molecule has 0 saturated carbocycles. The van der Waals surface area contributed by atoms with Gasteiger partial charge in [-0.2, -0.15) is 0 Å². The van der Waals surface area contributed by atoms with Gasteiger partial charge in [-0.3, -0.25) is 9.78 Å². The van der Waals surface area contributed by atoms with E-state index in [0.717, 1.165) is 55.8 Å². The van der Waals surface area contributed by atoms with Crippen LogP contribution in [0.25, 0.3) is 0 Å². The van der Waals surface area contributed by atoms with Crippen LogP contribution in [0, 0.1) is 0 Å². The number of hydrogen-bond donors (Lipinski definition) is 1. The number of nitrogens with two attached hydrogens (primary N) is 1. The predicted molar refractivity (Wildman–Crippen MR) is 132 cm³/mol. The van der Waals surface area contributed by atoms with Crippen LogP contribution in [0.15, 0.2) is 36.5 Å². The Morgan fingerprint density at radius 1 is 1.21 bits per heavy atom. The quantitative estimate of drug-likeness (QED) is 0.658. The lowest BCUT2D eigenvalue weighted by atomic mass is 9.91. The summed E-state index contributed by atoms with van der Waals surface area (Å²) in [6.45, 7) is 3.39. The molecule has 8 heteroatoms. The zero-order chi connectivity index (χ0) is 23.4. The lowest BCUT2D eigenvalue weighted by Gasteiger charge is -2.35. The molecule has 0 bridgehead atoms. The lowest BCUT2D eigenvalue weighted by molar-refractivity contribution is -0.133. The Morgan fingerprint density at radius 3 is 2.73 bits per heavy atom. The van der Waals surface area contributed by atoms with Gasteiger partial charge >= 0.3 is 0 Å². The van der Waals surface area contributed by atoms with E-state index in [1.807, 2.05) is 29.3 Å². The number of pyridine rings is 1. The Morgan fingerprint density at radius 2 is 2.00 bits per heavy atom. The second-order valence-electron chi connectivity index (χ2n) is 9.18. The van der Waals surface area contributed by atoms with Gasteiger partial charge in [0.25, 0.3) is 0 Å². The van der Waals surface area contributed by atoms with E-state index in [2.05, 4.69) is 16.9 Å². The average Bonchev–Trinajstić information content (AvgIpc) is 2.81. The van der Waals surface area contributed by atoms with Crippen molar-refractivity contribution < 1.29 is 9.53 Å². The lowest BCUT2D eigenvalue weighted by Crippen LogP contribution is -2.47. The maximum Gasteiger partial charge on any atom is 0.239 e. The van der Waals surface area contributed by atoms with E-state index in [4.69, 9.17) is 33.7 Å². The molecule has 4 rings (SSSR count). The molecule has 0 spiro atoms. The third kappa shape index (κ3) is 6.18. The van der Waals surface area contributed by atoms with E-state index < -0.39 is 6.04 Å². The van der Waals surface area contributed by atoms with Crippen molar-refractivity contribution >= 4 is 29.1 Å². The topological polar surface area (TPSA) is 71.7 Å². The Hall–Kier alpha value is -1.86. The van der Waals surface area contributed by atoms with Crippen LogP contribution in [-0.2, 0) is 11.2 Å². The number of halogens is 2. The highest BCUT2D eigenvalue weighted by molar-refractivity contribution is 6.35. The Balaban J connectivity index is 1.34. The molecule has 1 aromatic carbocycles. The molecule has 2 fully saturated rings. The standard InChI is InChI=1S/C25H32Cl2N4O2/c1-30-11-3-4-20(16-30)33-23-5-2-10-29-24(23)17-8-12-31(13-9-17)25(32)22(28)14-18-6-7-19(26)15-21(18)27/h2,5-7,10,15,17,20,22H,3-4,8-9,11-14,16,28H2,1H3/t20-,22+/m0/s1. The van der Waals surface area contributed by atoms with Crippen LogP contribution in [0.5, 0.6) is 5.75 Å². The second kappa shape index (κ2) is 11.0. The third-order valence-corrected chi connectivity index (χ3v) is 7.23. The van der Waals surface area contributed by atoms with Crippen molar-refractivity contribution in [3.8, 4) is 5.75 Å². The number of likely N-dealkylation sites (tertiary alicyclic amines) is 2. The highest BCUT2D eigenvalue weighted by atomic mass is 35.5. The SMILES string of the molecule is CN1CCC[C@H](Oc2cccnc2C2CCN(C(=O)[C@H](N)Cc3ccc(Cl)cc3Cl)CC2)C1. The van der Waals surface area contributed by atoms with Crippen molar-refractivity contribution in [2.45, 2.75) is 50.2 Å². The number of aromatic nitrogens is 1. The van der Waals surface area contributed by atoms with E-state index in [-0.39, 0.29) is 17.9 Å². The van der Waals surface area contributed by atoms with Gasteiger partial charge in [0, 0.05) is 41.8 Å². The van der Waals surface area contributed by atoms with E-state index in [1.54, 1.807) is 12.1 Å². The number of ether oxygens (including phenoxy) is 1. The highest BCUT2D eigenvalue weighted by Crippen LogP contribution is 2.34. The molecule has 178 valence electrons. The first-order chi connectivity index (χ1) is 15.9. The summed E-state index contributed by atoms with van der Waals surface area (Å²) in [6, 6.07) is 8.61. The van der Waals surface area contributed by atoms with Crippen LogP contribution in [-0.4, -0.2) is 66.1 Å². The molecule has 2 atom stereocenters. The number of carbonyl (C=O) groups excluding carboxylic acids is 1. The smallest absolute Gasteiger partial charge is 0.239 e. The van der Waals surface area contributed by atoms with Gasteiger partial charge in [0.2, 0.25) is 5.91 Å². The van der Waals surface area contributed by atoms with Crippen LogP contribution in [0.1, 0.15) is 42.9 Å². The summed E-state index contributed by atoms with van der Waals surface area (Å²) in [7, 11) is 2.14. The summed E-state index contributed by atoms with van der Waals surface area (Å²) in [6.07, 6.45) is 6.34. The minimum Gasteiger partial charge on any atom is -0.487 e. The molecule has 1 aromatic heterocycles. The fourth-order valence-corrected chi connectivity index (χ4v) is 5.31. The monoisotopic (exact) mass is 490 g/mol. The maximum absolute atomic E-state index is 13.0. The first kappa shape index (κ1) is 24.3. The Bertz CT molecular complexity index is 965. The minimum atomic E-state index is -0.628. The third-order valence-electron chi connectivity index (χ3n) is 6.64. The summed E-state index contributed by atoms with van der Waals surface area (Å²) in [5, 5.41) is 1.11. The highest BCUT2D eigenvalue weighted by Gasteiger charge is 2.30. The second-order valence-corrected chi connectivity index (χ2v) is 10.0. The Labute approximate surface area is 206 Å². The maximum atomic E-state index is 13.0. The molecule has 1 amide bonds. The van der Waals surface area contributed by atoms with Gasteiger partial charge in [-0.1, -0.05) is 29.3 Å². The molecule has 2 N–H and O–H groups in total. The van der Waals surface area contributed by atoms with Crippen molar-refractivity contribution in [3.63, 3.8) is 0 Å². The molecule has 6 nitrogen and oxygen atoms in total. The number of nitrogens with zero attached hydrogens (tertiary/aromatic N) is 3.